The number of benzene rings is 1. The number of nitrogens with one attached hydrogen (secondary N) is 2. The minimum atomic E-state index is -0.479. The van der Waals surface area contributed by atoms with Crippen molar-refractivity contribution in [2.45, 2.75) is 19.4 Å². The van der Waals surface area contributed by atoms with Crippen LogP contribution in [0.15, 0.2) is 18.2 Å². The molecule has 0 amide bonds. The molecule has 1 aromatic carbocycles. The maximum absolute atomic E-state index is 13.4. The molecule has 0 aliphatic rings. The lowest BCUT2D eigenvalue weighted by Gasteiger charge is -2.15. The molecule has 0 heterocycles. The van der Waals surface area contributed by atoms with E-state index in [0.29, 0.717) is 19.6 Å². The molecule has 0 radical (unpaired) electrons. The molecule has 2 N–H and O–H groups in total. The Balaban J connectivity index is 2.22. The number of hydrogen-bond acceptors (Lipinski definition) is 3. The minimum Gasteiger partial charge on any atom is -0.383 e. The van der Waals surface area contributed by atoms with Gasteiger partial charge in [-0.05, 0) is 32.0 Å². The predicted molar refractivity (Wildman–Crippen MR) is 72.3 cm³/mol. The van der Waals surface area contributed by atoms with Crippen molar-refractivity contribution in [3.05, 3.63) is 35.4 Å². The minimum absolute atomic E-state index is 0.148. The van der Waals surface area contributed by atoms with Crippen LogP contribution in [0.3, 0.4) is 0 Å². The zero-order valence-corrected chi connectivity index (χ0v) is 11.5. The molecule has 0 fully saturated rings. The largest absolute Gasteiger partial charge is 0.383 e. The standard InChI is InChI=1S/C14H22F2N2O/c1-11(10-17-8-9-19-2)18-7-6-12-13(15)4-3-5-14(12)16/h3-5,11,17-18H,6-10H2,1-2H3. The Hall–Kier alpha value is -1.04. The SMILES string of the molecule is COCCNCC(C)NCCc1c(F)cccc1F. The zero-order valence-electron chi connectivity index (χ0n) is 11.5. The van der Waals surface area contributed by atoms with Crippen LogP contribution in [0, 0.1) is 11.6 Å². The van der Waals surface area contributed by atoms with Gasteiger partial charge in [0.05, 0.1) is 6.61 Å². The van der Waals surface area contributed by atoms with E-state index in [1.165, 1.54) is 18.2 Å². The van der Waals surface area contributed by atoms with Crippen LogP contribution >= 0.6 is 0 Å². The third-order valence-corrected chi connectivity index (χ3v) is 2.86. The van der Waals surface area contributed by atoms with Gasteiger partial charge in [0.2, 0.25) is 0 Å². The highest BCUT2D eigenvalue weighted by Crippen LogP contribution is 2.11. The summed E-state index contributed by atoms with van der Waals surface area (Å²) in [5.74, 6) is -0.958. The van der Waals surface area contributed by atoms with Crippen molar-refractivity contribution in [3.63, 3.8) is 0 Å². The van der Waals surface area contributed by atoms with E-state index in [-0.39, 0.29) is 11.6 Å². The first kappa shape index (κ1) is 16.0. The second-order valence-corrected chi connectivity index (χ2v) is 4.50. The molecule has 108 valence electrons. The number of halogens is 2. The van der Waals surface area contributed by atoms with Crippen molar-refractivity contribution in [1.29, 1.82) is 0 Å². The molecule has 3 nitrogen and oxygen atoms in total. The van der Waals surface area contributed by atoms with Crippen molar-refractivity contribution in [3.8, 4) is 0 Å². The molecule has 1 atom stereocenters. The van der Waals surface area contributed by atoms with Crippen molar-refractivity contribution in [1.82, 2.24) is 10.6 Å². The number of hydrogen-bond donors (Lipinski definition) is 2. The molecule has 0 saturated carbocycles. The number of rotatable bonds is 9. The summed E-state index contributed by atoms with van der Waals surface area (Å²) in [5, 5.41) is 6.45. The van der Waals surface area contributed by atoms with E-state index in [1.807, 2.05) is 6.92 Å². The molecular weight excluding hydrogens is 250 g/mol. The highest BCUT2D eigenvalue weighted by molar-refractivity contribution is 5.19. The molecule has 0 aliphatic heterocycles. The fourth-order valence-electron chi connectivity index (χ4n) is 1.78. The molecule has 19 heavy (non-hydrogen) atoms. The third kappa shape index (κ3) is 6.09. The summed E-state index contributed by atoms with van der Waals surface area (Å²) in [7, 11) is 1.66. The number of ether oxygens (including phenoxy) is 1. The summed E-state index contributed by atoms with van der Waals surface area (Å²) in [6, 6.07) is 4.19. The Morgan fingerprint density at radius 1 is 1.21 bits per heavy atom. The number of methoxy groups -OCH3 is 1. The Labute approximate surface area is 113 Å². The molecule has 0 aliphatic carbocycles. The van der Waals surface area contributed by atoms with Crippen molar-refractivity contribution >= 4 is 0 Å². The maximum atomic E-state index is 13.4. The van der Waals surface area contributed by atoms with Gasteiger partial charge in [0, 0.05) is 31.8 Å². The molecular formula is C14H22F2N2O. The van der Waals surface area contributed by atoms with Crippen LogP contribution in [-0.4, -0.2) is 39.4 Å². The van der Waals surface area contributed by atoms with Gasteiger partial charge >= 0.3 is 0 Å². The zero-order chi connectivity index (χ0) is 14.1. The van der Waals surface area contributed by atoms with Gasteiger partial charge in [-0.25, -0.2) is 8.78 Å². The summed E-state index contributed by atoms with van der Waals surface area (Å²) in [6.07, 6.45) is 0.348. The Morgan fingerprint density at radius 2 is 1.89 bits per heavy atom. The fourth-order valence-corrected chi connectivity index (χ4v) is 1.78. The van der Waals surface area contributed by atoms with Gasteiger partial charge in [-0.1, -0.05) is 6.07 Å². The molecule has 0 aromatic heterocycles. The van der Waals surface area contributed by atoms with Crippen LogP contribution in [-0.2, 0) is 11.2 Å². The van der Waals surface area contributed by atoms with E-state index in [0.717, 1.165) is 13.1 Å². The van der Waals surface area contributed by atoms with Crippen LogP contribution in [0.4, 0.5) is 8.78 Å². The molecule has 1 aromatic rings. The van der Waals surface area contributed by atoms with Crippen LogP contribution in [0.25, 0.3) is 0 Å². The Morgan fingerprint density at radius 3 is 2.53 bits per heavy atom. The summed E-state index contributed by atoms with van der Waals surface area (Å²) in [6.45, 7) is 4.84. The molecule has 1 unspecified atom stereocenters. The average Bonchev–Trinajstić information content (AvgIpc) is 2.38. The third-order valence-electron chi connectivity index (χ3n) is 2.86. The Kier molecular flexibility index (Phi) is 7.55. The van der Waals surface area contributed by atoms with Crippen LogP contribution in [0.5, 0.6) is 0 Å². The highest BCUT2D eigenvalue weighted by Gasteiger charge is 2.08. The lowest BCUT2D eigenvalue weighted by atomic mass is 10.1. The van der Waals surface area contributed by atoms with E-state index >= 15 is 0 Å². The molecule has 0 saturated heterocycles. The van der Waals surface area contributed by atoms with Gasteiger partial charge in [0.1, 0.15) is 11.6 Å². The van der Waals surface area contributed by atoms with Crippen molar-refractivity contribution in [2.75, 3.05) is 33.4 Å². The first-order chi connectivity index (χ1) is 9.15. The fraction of sp³-hybridized carbons (Fsp3) is 0.571. The van der Waals surface area contributed by atoms with Crippen LogP contribution < -0.4 is 10.6 Å². The van der Waals surface area contributed by atoms with Crippen molar-refractivity contribution < 1.29 is 13.5 Å². The highest BCUT2D eigenvalue weighted by atomic mass is 19.1. The lowest BCUT2D eigenvalue weighted by molar-refractivity contribution is 0.198. The van der Waals surface area contributed by atoms with Gasteiger partial charge < -0.3 is 15.4 Å². The van der Waals surface area contributed by atoms with E-state index in [2.05, 4.69) is 10.6 Å². The topological polar surface area (TPSA) is 33.3 Å². The first-order valence-electron chi connectivity index (χ1n) is 6.51. The van der Waals surface area contributed by atoms with E-state index in [1.54, 1.807) is 7.11 Å². The summed E-state index contributed by atoms with van der Waals surface area (Å²) in [4.78, 5) is 0. The smallest absolute Gasteiger partial charge is 0.129 e. The Bertz CT molecular complexity index is 354. The van der Waals surface area contributed by atoms with Gasteiger partial charge in [0.25, 0.3) is 0 Å². The van der Waals surface area contributed by atoms with Crippen LogP contribution in [0.2, 0.25) is 0 Å². The first-order valence-corrected chi connectivity index (χ1v) is 6.51. The maximum Gasteiger partial charge on any atom is 0.129 e. The van der Waals surface area contributed by atoms with Gasteiger partial charge in [0.15, 0.2) is 0 Å². The summed E-state index contributed by atoms with van der Waals surface area (Å²) < 4.78 is 31.7. The monoisotopic (exact) mass is 272 g/mol. The van der Waals surface area contributed by atoms with E-state index < -0.39 is 11.6 Å². The second kappa shape index (κ2) is 8.96. The molecule has 0 bridgehead atoms. The molecule has 1 rings (SSSR count). The predicted octanol–water partition coefficient (Wildman–Crippen LogP) is 1.72. The van der Waals surface area contributed by atoms with Crippen molar-refractivity contribution in [2.24, 2.45) is 0 Å². The summed E-state index contributed by atoms with van der Waals surface area (Å²) >= 11 is 0. The quantitative estimate of drug-likeness (QED) is 0.672. The van der Waals surface area contributed by atoms with Gasteiger partial charge in [-0.2, -0.15) is 0 Å². The van der Waals surface area contributed by atoms with Crippen LogP contribution in [0.1, 0.15) is 12.5 Å². The van der Waals surface area contributed by atoms with E-state index in [4.69, 9.17) is 4.74 Å². The van der Waals surface area contributed by atoms with E-state index in [9.17, 15) is 8.78 Å². The van der Waals surface area contributed by atoms with Gasteiger partial charge in [-0.3, -0.25) is 0 Å². The molecule has 0 spiro atoms. The average molecular weight is 272 g/mol. The van der Waals surface area contributed by atoms with Gasteiger partial charge in [-0.15, -0.1) is 0 Å². The summed E-state index contributed by atoms with van der Waals surface area (Å²) in [5.41, 5.74) is 0.148. The normalized spacial score (nSPS) is 12.6. The lowest BCUT2D eigenvalue weighted by Crippen LogP contribution is -2.38. The molecule has 5 heteroatoms. The second-order valence-electron chi connectivity index (χ2n) is 4.50.